The lowest BCUT2D eigenvalue weighted by molar-refractivity contribution is 0.222. The van der Waals surface area contributed by atoms with Gasteiger partial charge in [-0.2, -0.15) is 8.42 Å². The maximum Gasteiger partial charge on any atom is 0.399 e. The summed E-state index contributed by atoms with van der Waals surface area (Å²) in [6.07, 6.45) is 0.659. The van der Waals surface area contributed by atoms with Crippen LogP contribution < -0.4 is 6.15 Å². The highest BCUT2D eigenvalue weighted by Gasteiger charge is 2.08. The third-order valence-electron chi connectivity index (χ3n) is 0.694. The van der Waals surface area contributed by atoms with Crippen molar-refractivity contribution in [3.8, 4) is 0 Å². The fraction of sp³-hybridized carbons (Fsp3) is 1.00. The molecule has 0 radical (unpaired) electrons. The molecule has 0 amide bonds. The minimum absolute atomic E-state index is 0. The summed E-state index contributed by atoms with van der Waals surface area (Å²) in [4.78, 5) is 0. The Labute approximate surface area is 67.6 Å². The first-order valence-electron chi connectivity index (χ1n) is 3.16. The van der Waals surface area contributed by atoms with E-state index in [1.807, 2.05) is 6.92 Å². The molecule has 0 rings (SSSR count). The van der Waals surface area contributed by atoms with Crippen molar-refractivity contribution in [1.29, 1.82) is 0 Å². The Morgan fingerprint density at radius 1 is 1.18 bits per heavy atom. The molecule has 0 spiro atoms. The van der Waals surface area contributed by atoms with Crippen LogP contribution in [-0.4, -0.2) is 21.6 Å². The Bertz CT molecular complexity index is 165. The summed E-state index contributed by atoms with van der Waals surface area (Å²) in [7, 11) is -3.69. The fourth-order valence-corrected chi connectivity index (χ4v) is 1.09. The molecule has 0 aliphatic heterocycles. The minimum atomic E-state index is -3.69. The van der Waals surface area contributed by atoms with Crippen molar-refractivity contribution in [2.24, 2.45) is 0 Å². The number of rotatable bonds is 5. The maximum atomic E-state index is 10.5. The summed E-state index contributed by atoms with van der Waals surface area (Å²) >= 11 is 0. The van der Waals surface area contributed by atoms with Gasteiger partial charge in [-0.1, -0.05) is 6.92 Å². The first kappa shape index (κ1) is 13.4. The summed E-state index contributed by atoms with van der Waals surface area (Å²) in [6, 6.07) is 0. The Hall–Kier alpha value is -0.170. The van der Waals surface area contributed by atoms with E-state index in [9.17, 15) is 8.42 Å². The Kier molecular flexibility index (Phi) is 7.97. The van der Waals surface area contributed by atoms with Crippen molar-refractivity contribution in [1.82, 2.24) is 6.15 Å². The van der Waals surface area contributed by atoms with Gasteiger partial charge in [-0.3, -0.25) is 0 Å². The van der Waals surface area contributed by atoms with Crippen molar-refractivity contribution in [3.05, 3.63) is 0 Å². The molecule has 0 aromatic heterocycles. The normalized spacial score (nSPS) is 10.7. The molecular weight excluding hydrogens is 170 g/mol. The molecule has 0 aromatic carbocycles. The van der Waals surface area contributed by atoms with E-state index in [2.05, 4.69) is 8.37 Å². The van der Waals surface area contributed by atoms with E-state index in [0.29, 0.717) is 6.42 Å². The van der Waals surface area contributed by atoms with Crippen LogP contribution >= 0.6 is 0 Å². The van der Waals surface area contributed by atoms with Crippen molar-refractivity contribution in [3.63, 3.8) is 0 Å². The van der Waals surface area contributed by atoms with Gasteiger partial charge in [0.25, 0.3) is 0 Å². The van der Waals surface area contributed by atoms with Crippen LogP contribution in [0.4, 0.5) is 0 Å². The van der Waals surface area contributed by atoms with Gasteiger partial charge in [0.2, 0.25) is 0 Å². The molecule has 0 aliphatic rings. The SMILES string of the molecule is CCCOS(=O)(=O)OCC.N. The molecule has 0 aliphatic carbocycles. The van der Waals surface area contributed by atoms with Crippen LogP contribution in [0.25, 0.3) is 0 Å². The fourth-order valence-electron chi connectivity index (χ4n) is 0.364. The summed E-state index contributed by atoms with van der Waals surface area (Å²) in [6.45, 7) is 3.71. The molecule has 0 unspecified atom stereocenters. The third kappa shape index (κ3) is 7.73. The van der Waals surface area contributed by atoms with E-state index in [4.69, 9.17) is 0 Å². The highest BCUT2D eigenvalue weighted by molar-refractivity contribution is 7.81. The van der Waals surface area contributed by atoms with E-state index in [1.165, 1.54) is 0 Å². The second-order valence-electron chi connectivity index (χ2n) is 1.64. The van der Waals surface area contributed by atoms with Crippen molar-refractivity contribution in [2.45, 2.75) is 20.3 Å². The largest absolute Gasteiger partial charge is 0.399 e. The molecule has 5 nitrogen and oxygen atoms in total. The second kappa shape index (κ2) is 6.53. The van der Waals surface area contributed by atoms with Crippen LogP contribution in [0.1, 0.15) is 20.3 Å². The van der Waals surface area contributed by atoms with Crippen molar-refractivity contribution in [2.75, 3.05) is 13.2 Å². The summed E-state index contributed by atoms with van der Waals surface area (Å²) < 4.78 is 29.7. The molecule has 11 heavy (non-hydrogen) atoms. The lowest BCUT2D eigenvalue weighted by atomic mass is 10.5. The third-order valence-corrected chi connectivity index (χ3v) is 1.67. The Morgan fingerprint density at radius 3 is 2.09 bits per heavy atom. The van der Waals surface area contributed by atoms with Crippen LogP contribution in [0.15, 0.2) is 0 Å². The van der Waals surface area contributed by atoms with Gasteiger partial charge in [0, 0.05) is 0 Å². The first-order valence-corrected chi connectivity index (χ1v) is 4.49. The molecule has 0 bridgehead atoms. The van der Waals surface area contributed by atoms with Gasteiger partial charge in [0.1, 0.15) is 0 Å². The predicted molar refractivity (Wildman–Crippen MR) is 41.8 cm³/mol. The molecule has 6 heteroatoms. The summed E-state index contributed by atoms with van der Waals surface area (Å²) in [5.41, 5.74) is 0. The Balaban J connectivity index is 0. The highest BCUT2D eigenvalue weighted by atomic mass is 32.3. The highest BCUT2D eigenvalue weighted by Crippen LogP contribution is 1.95. The quantitative estimate of drug-likeness (QED) is 0.686. The monoisotopic (exact) mass is 185 g/mol. The van der Waals surface area contributed by atoms with Gasteiger partial charge in [0.15, 0.2) is 0 Å². The van der Waals surface area contributed by atoms with Gasteiger partial charge in [-0.25, -0.2) is 8.37 Å². The molecule has 0 fully saturated rings. The minimum Gasteiger partial charge on any atom is -0.344 e. The van der Waals surface area contributed by atoms with Gasteiger partial charge in [-0.05, 0) is 13.3 Å². The molecule has 0 aromatic rings. The topological polar surface area (TPSA) is 87.6 Å². The van der Waals surface area contributed by atoms with Gasteiger partial charge < -0.3 is 6.15 Å². The van der Waals surface area contributed by atoms with Crippen LogP contribution in [0.2, 0.25) is 0 Å². The summed E-state index contributed by atoms with van der Waals surface area (Å²) in [5, 5.41) is 0. The zero-order valence-corrected chi connectivity index (χ0v) is 7.69. The van der Waals surface area contributed by atoms with E-state index >= 15 is 0 Å². The second-order valence-corrected chi connectivity index (χ2v) is 2.92. The molecule has 0 saturated carbocycles. The Morgan fingerprint density at radius 2 is 1.73 bits per heavy atom. The van der Waals surface area contributed by atoms with Crippen LogP contribution in [0.5, 0.6) is 0 Å². The van der Waals surface area contributed by atoms with E-state index in [0.717, 1.165) is 0 Å². The number of hydrogen-bond acceptors (Lipinski definition) is 5. The predicted octanol–water partition coefficient (Wildman–Crippen LogP) is 0.856. The zero-order chi connectivity index (χ0) is 8.04. The van der Waals surface area contributed by atoms with Crippen LogP contribution in [0.3, 0.4) is 0 Å². The standard InChI is InChI=1S/C5H12O4S.H3N/c1-3-5-9-10(6,7)8-4-2;/h3-5H2,1-2H3;1H3. The maximum absolute atomic E-state index is 10.5. The smallest absolute Gasteiger partial charge is 0.344 e. The molecule has 0 atom stereocenters. The van der Waals surface area contributed by atoms with Crippen molar-refractivity contribution >= 4 is 10.4 Å². The molecule has 0 saturated heterocycles. The zero-order valence-electron chi connectivity index (χ0n) is 6.87. The average molecular weight is 185 g/mol. The molecule has 70 valence electrons. The molecule has 3 N–H and O–H groups in total. The van der Waals surface area contributed by atoms with E-state index in [1.54, 1.807) is 6.92 Å². The molecule has 0 heterocycles. The summed E-state index contributed by atoms with van der Waals surface area (Å²) in [5.74, 6) is 0. The van der Waals surface area contributed by atoms with Gasteiger partial charge in [0.05, 0.1) is 13.2 Å². The van der Waals surface area contributed by atoms with E-state index in [-0.39, 0.29) is 19.4 Å². The van der Waals surface area contributed by atoms with Crippen molar-refractivity contribution < 1.29 is 16.8 Å². The molecular formula is C5H15NO4S. The van der Waals surface area contributed by atoms with Crippen LogP contribution in [-0.2, 0) is 18.8 Å². The lowest BCUT2D eigenvalue weighted by Crippen LogP contribution is -2.10. The average Bonchev–Trinajstić information content (AvgIpc) is 1.84. The lowest BCUT2D eigenvalue weighted by Gasteiger charge is -2.00. The van der Waals surface area contributed by atoms with Gasteiger partial charge >= 0.3 is 10.4 Å². The first-order chi connectivity index (χ1) is 4.62. The van der Waals surface area contributed by atoms with Crippen LogP contribution in [0, 0.1) is 0 Å². The number of hydrogen-bond donors (Lipinski definition) is 1. The van der Waals surface area contributed by atoms with Gasteiger partial charge in [-0.15, -0.1) is 0 Å². The van der Waals surface area contributed by atoms with E-state index < -0.39 is 10.4 Å².